The van der Waals surface area contributed by atoms with Gasteiger partial charge in [0.1, 0.15) is 11.6 Å². The highest BCUT2D eigenvalue weighted by Gasteiger charge is 2.21. The normalized spacial score (nSPS) is 17.7. The molecule has 3 rings (SSSR count). The summed E-state index contributed by atoms with van der Waals surface area (Å²) < 4.78 is 15.6. The number of aromatic nitrogens is 2. The van der Waals surface area contributed by atoms with Crippen LogP contribution in [0.4, 0.5) is 4.39 Å². The first-order valence-corrected chi connectivity index (χ1v) is 8.15. The van der Waals surface area contributed by atoms with Crippen LogP contribution in [0.15, 0.2) is 12.1 Å². The molecule has 0 aliphatic carbocycles. The van der Waals surface area contributed by atoms with Gasteiger partial charge in [-0.15, -0.1) is 11.6 Å². The van der Waals surface area contributed by atoms with Crippen molar-refractivity contribution in [1.29, 1.82) is 0 Å². The molecule has 0 amide bonds. The van der Waals surface area contributed by atoms with E-state index in [0.29, 0.717) is 17.4 Å². The average molecular weight is 330 g/mol. The minimum atomic E-state index is -0.442. The summed E-state index contributed by atoms with van der Waals surface area (Å²) >= 11 is 11.9. The van der Waals surface area contributed by atoms with Crippen molar-refractivity contribution in [3.05, 3.63) is 28.8 Å². The maximum absolute atomic E-state index is 13.6. The molecule has 1 aromatic carbocycles. The Morgan fingerprint density at radius 2 is 2.05 bits per heavy atom. The molecule has 2 heterocycles. The third kappa shape index (κ3) is 2.89. The van der Waals surface area contributed by atoms with Crippen LogP contribution in [-0.4, -0.2) is 33.6 Å². The summed E-state index contributed by atoms with van der Waals surface area (Å²) in [4.78, 5) is 6.89. The maximum Gasteiger partial charge on any atom is 0.144 e. The molecular formula is C15H18Cl2FN3. The van der Waals surface area contributed by atoms with Crippen molar-refractivity contribution in [2.75, 3.05) is 13.1 Å². The number of hydrogen-bond acceptors (Lipinski definition) is 2. The molecule has 6 heteroatoms. The van der Waals surface area contributed by atoms with Crippen LogP contribution in [-0.2, 0) is 12.4 Å². The Balaban J connectivity index is 1.97. The summed E-state index contributed by atoms with van der Waals surface area (Å²) in [6.45, 7) is 5.28. The summed E-state index contributed by atoms with van der Waals surface area (Å²) in [6.07, 6.45) is 2.52. The molecule has 0 saturated carbocycles. The van der Waals surface area contributed by atoms with Crippen LogP contribution < -0.4 is 0 Å². The van der Waals surface area contributed by atoms with Crippen molar-refractivity contribution in [3.8, 4) is 0 Å². The van der Waals surface area contributed by atoms with E-state index < -0.39 is 5.82 Å². The van der Waals surface area contributed by atoms with Crippen molar-refractivity contribution in [2.45, 2.75) is 38.2 Å². The Labute approximate surface area is 133 Å². The summed E-state index contributed by atoms with van der Waals surface area (Å²) in [5.41, 5.74) is 1.46. The Bertz CT molecular complexity index is 650. The molecule has 3 nitrogen and oxygen atoms in total. The fraction of sp³-hybridized carbons (Fsp3) is 0.533. The second-order valence-electron chi connectivity index (χ2n) is 5.62. The molecule has 1 unspecified atom stereocenters. The summed E-state index contributed by atoms with van der Waals surface area (Å²) in [6, 6.07) is 3.42. The van der Waals surface area contributed by atoms with E-state index in [0.717, 1.165) is 31.0 Å². The van der Waals surface area contributed by atoms with Gasteiger partial charge in [-0.3, -0.25) is 4.90 Å². The molecule has 21 heavy (non-hydrogen) atoms. The maximum atomic E-state index is 13.6. The van der Waals surface area contributed by atoms with Crippen LogP contribution in [0.2, 0.25) is 5.02 Å². The molecule has 1 aliphatic rings. The van der Waals surface area contributed by atoms with E-state index in [9.17, 15) is 4.39 Å². The first kappa shape index (κ1) is 15.1. The number of nitrogens with zero attached hydrogens (tertiary/aromatic N) is 3. The molecule has 1 atom stereocenters. The van der Waals surface area contributed by atoms with E-state index in [1.54, 1.807) is 6.07 Å². The Morgan fingerprint density at radius 3 is 2.71 bits per heavy atom. The Morgan fingerprint density at radius 1 is 1.33 bits per heavy atom. The highest BCUT2D eigenvalue weighted by Crippen LogP contribution is 2.25. The lowest BCUT2D eigenvalue weighted by molar-refractivity contribution is 0.236. The number of fused-ring (bicyclic) bond motifs is 1. The lowest BCUT2D eigenvalue weighted by atomic mass is 10.2. The van der Waals surface area contributed by atoms with Crippen molar-refractivity contribution in [3.63, 3.8) is 0 Å². The molecule has 0 spiro atoms. The quantitative estimate of drug-likeness (QED) is 0.789. The molecule has 0 radical (unpaired) electrons. The van der Waals surface area contributed by atoms with Gasteiger partial charge in [-0.25, -0.2) is 9.37 Å². The molecule has 114 valence electrons. The van der Waals surface area contributed by atoms with Crippen LogP contribution in [0.5, 0.6) is 0 Å². The zero-order chi connectivity index (χ0) is 15.0. The second-order valence-corrected chi connectivity index (χ2v) is 6.29. The van der Waals surface area contributed by atoms with Gasteiger partial charge in [0.05, 0.1) is 21.9 Å². The van der Waals surface area contributed by atoms with E-state index in [2.05, 4.69) is 21.4 Å². The number of hydrogen-bond donors (Lipinski definition) is 0. The largest absolute Gasteiger partial charge is 0.325 e. The Hall–Kier alpha value is -0.840. The van der Waals surface area contributed by atoms with Crippen molar-refractivity contribution in [1.82, 2.24) is 14.5 Å². The molecule has 1 fully saturated rings. The lowest BCUT2D eigenvalue weighted by Crippen LogP contribution is -2.34. The van der Waals surface area contributed by atoms with Gasteiger partial charge in [0.15, 0.2) is 0 Å². The third-order valence-electron chi connectivity index (χ3n) is 4.20. The number of benzene rings is 1. The van der Waals surface area contributed by atoms with Gasteiger partial charge in [0, 0.05) is 18.7 Å². The van der Waals surface area contributed by atoms with Gasteiger partial charge < -0.3 is 4.57 Å². The van der Waals surface area contributed by atoms with Gasteiger partial charge in [-0.2, -0.15) is 0 Å². The number of rotatable bonds is 4. The molecule has 0 bridgehead atoms. The summed E-state index contributed by atoms with van der Waals surface area (Å²) in [5.74, 6) is 0.627. The average Bonchev–Trinajstić information content (AvgIpc) is 3.09. The minimum absolute atomic E-state index is 0.124. The number of imidazole rings is 1. The zero-order valence-corrected chi connectivity index (χ0v) is 13.5. The van der Waals surface area contributed by atoms with Crippen LogP contribution in [0.3, 0.4) is 0 Å². The van der Waals surface area contributed by atoms with E-state index in [1.807, 2.05) is 0 Å². The zero-order valence-electron chi connectivity index (χ0n) is 12.0. The third-order valence-corrected chi connectivity index (χ3v) is 4.73. The molecular weight excluding hydrogens is 312 g/mol. The fourth-order valence-corrected chi connectivity index (χ4v) is 3.40. The molecule has 2 aromatic rings. The van der Waals surface area contributed by atoms with Gasteiger partial charge in [-0.05, 0) is 38.9 Å². The van der Waals surface area contributed by atoms with E-state index in [-0.39, 0.29) is 5.02 Å². The predicted octanol–water partition coefficient (Wildman–Crippen LogP) is 4.05. The fourth-order valence-electron chi connectivity index (χ4n) is 3.04. The van der Waals surface area contributed by atoms with Crippen molar-refractivity contribution < 1.29 is 4.39 Å². The topological polar surface area (TPSA) is 21.1 Å². The van der Waals surface area contributed by atoms with Gasteiger partial charge in [0.25, 0.3) is 0 Å². The molecule has 0 N–H and O–H groups in total. The van der Waals surface area contributed by atoms with Crippen LogP contribution >= 0.6 is 23.2 Å². The number of alkyl halides is 1. The smallest absolute Gasteiger partial charge is 0.144 e. The van der Waals surface area contributed by atoms with E-state index >= 15 is 0 Å². The Kier molecular flexibility index (Phi) is 4.38. The molecule has 1 aliphatic heterocycles. The van der Waals surface area contributed by atoms with Crippen LogP contribution in [0.25, 0.3) is 11.0 Å². The first-order valence-electron chi connectivity index (χ1n) is 7.24. The summed E-state index contributed by atoms with van der Waals surface area (Å²) in [7, 11) is 0. The number of halogens is 3. The SMILES string of the molecule is CC(Cn1c(CCl)nc2cc(F)c(Cl)cc21)N1CCCC1. The lowest BCUT2D eigenvalue weighted by Gasteiger charge is -2.25. The molecule has 1 saturated heterocycles. The van der Waals surface area contributed by atoms with Gasteiger partial charge in [0.2, 0.25) is 0 Å². The monoisotopic (exact) mass is 329 g/mol. The van der Waals surface area contributed by atoms with E-state index in [1.165, 1.54) is 18.9 Å². The predicted molar refractivity (Wildman–Crippen MR) is 84.5 cm³/mol. The highest BCUT2D eigenvalue weighted by atomic mass is 35.5. The second kappa shape index (κ2) is 6.11. The van der Waals surface area contributed by atoms with Crippen LogP contribution in [0, 0.1) is 5.82 Å². The molecule has 1 aromatic heterocycles. The highest BCUT2D eigenvalue weighted by molar-refractivity contribution is 6.31. The van der Waals surface area contributed by atoms with Crippen molar-refractivity contribution >= 4 is 34.2 Å². The number of likely N-dealkylation sites (tertiary alicyclic amines) is 1. The van der Waals surface area contributed by atoms with Gasteiger partial charge >= 0.3 is 0 Å². The standard InChI is InChI=1S/C15H18Cl2FN3/c1-10(20-4-2-3-5-20)9-21-14-6-11(17)12(18)7-13(14)19-15(21)8-16/h6-7,10H,2-5,8-9H2,1H3. The first-order chi connectivity index (χ1) is 10.1. The van der Waals surface area contributed by atoms with Crippen molar-refractivity contribution in [2.24, 2.45) is 0 Å². The van der Waals surface area contributed by atoms with Crippen LogP contribution in [0.1, 0.15) is 25.6 Å². The van der Waals surface area contributed by atoms with E-state index in [4.69, 9.17) is 23.2 Å². The minimum Gasteiger partial charge on any atom is -0.325 e. The summed E-state index contributed by atoms with van der Waals surface area (Å²) in [5, 5.41) is 0.124. The van der Waals surface area contributed by atoms with Gasteiger partial charge in [-0.1, -0.05) is 11.6 Å².